The van der Waals surface area contributed by atoms with Crippen LogP contribution in [0.1, 0.15) is 361 Å². The van der Waals surface area contributed by atoms with Crippen LogP contribution in [0.2, 0.25) is 0 Å². The molecular formula is C72H130O6. The molecule has 0 bridgehead atoms. The van der Waals surface area contributed by atoms with Crippen LogP contribution in [-0.2, 0) is 28.6 Å². The number of esters is 3. The van der Waals surface area contributed by atoms with E-state index in [1.54, 1.807) is 0 Å². The standard InChI is InChI=1S/C72H130O6/c1-4-7-10-13-16-19-22-24-26-28-30-32-34-36-38-40-42-44-46-48-50-53-56-59-62-65-71(74)77-68-69(67-76-70(73)64-61-58-55-52-21-18-15-12-9-6-3)78-72(75)66-63-60-57-54-51-49-47-45-43-41-39-37-35-33-31-29-27-25-23-20-17-14-11-8-5-2/h7,10,16,19,24,26,29-32,69H,4-6,8-9,11-15,17-18,20-23,25,27-28,33-68H2,1-3H3/b10-7-,19-16-,26-24-,31-29-,32-30-. The maximum Gasteiger partial charge on any atom is 0.306 e. The molecule has 0 aromatic carbocycles. The molecule has 0 saturated carbocycles. The monoisotopic (exact) mass is 1090 g/mol. The molecule has 0 aromatic heterocycles. The van der Waals surface area contributed by atoms with Gasteiger partial charge in [0.1, 0.15) is 13.2 Å². The zero-order valence-corrected chi connectivity index (χ0v) is 52.2. The highest BCUT2D eigenvalue weighted by atomic mass is 16.6. The fourth-order valence-electron chi connectivity index (χ4n) is 10.1. The molecule has 0 aliphatic carbocycles. The SMILES string of the molecule is CC/C=C\C/C=C\C/C=C\C/C=C\CCCCCCCCCCCCCCC(=O)OCC(COC(=O)CCCCCCCCCCCC)OC(=O)CCCCCCCCCCCCCCC/C=C\CCCCCCCCCC. The van der Waals surface area contributed by atoms with E-state index in [9.17, 15) is 14.4 Å². The van der Waals surface area contributed by atoms with Crippen LogP contribution in [0.5, 0.6) is 0 Å². The lowest BCUT2D eigenvalue weighted by Crippen LogP contribution is -2.30. The highest BCUT2D eigenvalue weighted by molar-refractivity contribution is 5.71. The first-order valence-corrected chi connectivity index (χ1v) is 34.3. The summed E-state index contributed by atoms with van der Waals surface area (Å²) >= 11 is 0. The maximum atomic E-state index is 12.9. The molecule has 0 fully saturated rings. The molecule has 1 atom stereocenters. The van der Waals surface area contributed by atoms with E-state index in [-0.39, 0.29) is 31.1 Å². The molecule has 0 aromatic rings. The smallest absolute Gasteiger partial charge is 0.306 e. The Balaban J connectivity index is 4.18. The van der Waals surface area contributed by atoms with Crippen molar-refractivity contribution < 1.29 is 28.6 Å². The Morgan fingerprint density at radius 3 is 0.795 bits per heavy atom. The average molecular weight is 1090 g/mol. The molecule has 0 aliphatic rings. The minimum absolute atomic E-state index is 0.0701. The number of carbonyl (C=O) groups excluding carboxylic acids is 3. The van der Waals surface area contributed by atoms with Crippen LogP contribution in [0.4, 0.5) is 0 Å². The zero-order valence-electron chi connectivity index (χ0n) is 52.2. The first kappa shape index (κ1) is 75.1. The summed E-state index contributed by atoms with van der Waals surface area (Å²) in [5.41, 5.74) is 0. The van der Waals surface area contributed by atoms with E-state index in [0.29, 0.717) is 19.3 Å². The van der Waals surface area contributed by atoms with Gasteiger partial charge in [0.05, 0.1) is 0 Å². The first-order valence-electron chi connectivity index (χ1n) is 34.3. The van der Waals surface area contributed by atoms with Crippen molar-refractivity contribution >= 4 is 17.9 Å². The van der Waals surface area contributed by atoms with Gasteiger partial charge in [-0.15, -0.1) is 0 Å². The van der Waals surface area contributed by atoms with E-state index in [4.69, 9.17) is 14.2 Å². The number of allylic oxidation sites excluding steroid dienone is 10. The molecule has 6 heteroatoms. The van der Waals surface area contributed by atoms with Crippen LogP contribution in [-0.4, -0.2) is 37.2 Å². The topological polar surface area (TPSA) is 78.9 Å². The second kappa shape index (κ2) is 66.6. The van der Waals surface area contributed by atoms with Gasteiger partial charge in [-0.1, -0.05) is 319 Å². The Kier molecular flexibility index (Phi) is 64.2. The van der Waals surface area contributed by atoms with Crippen molar-refractivity contribution in [2.45, 2.75) is 367 Å². The number of hydrogen-bond acceptors (Lipinski definition) is 6. The van der Waals surface area contributed by atoms with E-state index in [2.05, 4.69) is 81.5 Å². The number of carbonyl (C=O) groups is 3. The third kappa shape index (κ3) is 63.9. The first-order chi connectivity index (χ1) is 38.5. The summed E-state index contributed by atoms with van der Waals surface area (Å²) in [5.74, 6) is -0.852. The van der Waals surface area contributed by atoms with Gasteiger partial charge in [0.15, 0.2) is 6.10 Å². The summed E-state index contributed by atoms with van der Waals surface area (Å²) < 4.78 is 16.9. The molecule has 0 N–H and O–H groups in total. The predicted molar refractivity (Wildman–Crippen MR) is 339 cm³/mol. The normalized spacial score (nSPS) is 12.4. The van der Waals surface area contributed by atoms with E-state index in [1.807, 2.05) is 0 Å². The van der Waals surface area contributed by atoms with E-state index in [0.717, 1.165) is 83.5 Å². The second-order valence-electron chi connectivity index (χ2n) is 23.1. The average Bonchev–Trinajstić information content (AvgIpc) is 3.44. The number of ether oxygens (including phenoxy) is 3. The highest BCUT2D eigenvalue weighted by Crippen LogP contribution is 2.18. The fourth-order valence-corrected chi connectivity index (χ4v) is 10.1. The van der Waals surface area contributed by atoms with Crippen LogP contribution in [0.15, 0.2) is 60.8 Å². The summed E-state index contributed by atoms with van der Waals surface area (Å²) in [5, 5.41) is 0. The van der Waals surface area contributed by atoms with Crippen molar-refractivity contribution in [2.75, 3.05) is 13.2 Å². The third-order valence-electron chi connectivity index (χ3n) is 15.3. The fraction of sp³-hybridized carbons (Fsp3) is 0.819. The lowest BCUT2D eigenvalue weighted by molar-refractivity contribution is -0.167. The summed E-state index contributed by atoms with van der Waals surface area (Å²) in [4.78, 5) is 38.3. The molecule has 454 valence electrons. The minimum Gasteiger partial charge on any atom is -0.462 e. The van der Waals surface area contributed by atoms with Gasteiger partial charge in [0.25, 0.3) is 0 Å². The predicted octanol–water partition coefficient (Wildman–Crippen LogP) is 23.5. The van der Waals surface area contributed by atoms with Crippen LogP contribution < -0.4 is 0 Å². The molecule has 78 heavy (non-hydrogen) atoms. The Bertz CT molecular complexity index is 1390. The van der Waals surface area contributed by atoms with Crippen molar-refractivity contribution in [3.05, 3.63) is 60.8 Å². The van der Waals surface area contributed by atoms with Crippen molar-refractivity contribution in [3.63, 3.8) is 0 Å². The molecule has 0 spiro atoms. The van der Waals surface area contributed by atoms with E-state index >= 15 is 0 Å². The Labute approximate surface area is 485 Å². The van der Waals surface area contributed by atoms with Crippen molar-refractivity contribution in [2.24, 2.45) is 0 Å². The Morgan fingerprint density at radius 1 is 0.269 bits per heavy atom. The van der Waals surface area contributed by atoms with Gasteiger partial charge >= 0.3 is 17.9 Å². The number of hydrogen-bond donors (Lipinski definition) is 0. The molecule has 1 unspecified atom stereocenters. The molecule has 0 saturated heterocycles. The molecule has 0 aliphatic heterocycles. The molecule has 0 heterocycles. The molecule has 0 radical (unpaired) electrons. The van der Waals surface area contributed by atoms with Crippen LogP contribution in [0.25, 0.3) is 0 Å². The minimum atomic E-state index is -0.773. The zero-order chi connectivity index (χ0) is 56.4. The highest BCUT2D eigenvalue weighted by Gasteiger charge is 2.19. The Hall–Kier alpha value is -2.89. The van der Waals surface area contributed by atoms with Crippen molar-refractivity contribution in [3.8, 4) is 0 Å². The van der Waals surface area contributed by atoms with E-state index in [1.165, 1.54) is 238 Å². The van der Waals surface area contributed by atoms with Crippen LogP contribution in [0.3, 0.4) is 0 Å². The number of unbranched alkanes of at least 4 members (excludes halogenated alkanes) is 42. The summed E-state index contributed by atoms with van der Waals surface area (Å²) in [6.07, 6.45) is 85.4. The molecule has 6 nitrogen and oxygen atoms in total. The van der Waals surface area contributed by atoms with Gasteiger partial charge in [0.2, 0.25) is 0 Å². The van der Waals surface area contributed by atoms with Crippen molar-refractivity contribution in [1.82, 2.24) is 0 Å². The summed E-state index contributed by atoms with van der Waals surface area (Å²) in [6.45, 7) is 6.57. The largest absolute Gasteiger partial charge is 0.462 e. The second-order valence-corrected chi connectivity index (χ2v) is 23.1. The lowest BCUT2D eigenvalue weighted by Gasteiger charge is -2.18. The van der Waals surface area contributed by atoms with Gasteiger partial charge in [0, 0.05) is 19.3 Å². The quantitative estimate of drug-likeness (QED) is 0.0261. The van der Waals surface area contributed by atoms with Crippen LogP contribution >= 0.6 is 0 Å². The van der Waals surface area contributed by atoms with Crippen molar-refractivity contribution in [1.29, 1.82) is 0 Å². The van der Waals surface area contributed by atoms with Gasteiger partial charge in [-0.25, -0.2) is 0 Å². The summed E-state index contributed by atoms with van der Waals surface area (Å²) in [6, 6.07) is 0. The molecule has 0 amide bonds. The maximum absolute atomic E-state index is 12.9. The summed E-state index contributed by atoms with van der Waals surface area (Å²) in [7, 11) is 0. The van der Waals surface area contributed by atoms with Crippen LogP contribution in [0, 0.1) is 0 Å². The molecular weight excluding hydrogens is 961 g/mol. The van der Waals surface area contributed by atoms with Gasteiger partial charge in [-0.3, -0.25) is 14.4 Å². The molecule has 0 rings (SSSR count). The van der Waals surface area contributed by atoms with Gasteiger partial charge in [-0.2, -0.15) is 0 Å². The Morgan fingerprint density at radius 2 is 0.500 bits per heavy atom. The number of rotatable bonds is 63. The van der Waals surface area contributed by atoms with Gasteiger partial charge < -0.3 is 14.2 Å². The van der Waals surface area contributed by atoms with Gasteiger partial charge in [-0.05, 0) is 83.5 Å². The van der Waals surface area contributed by atoms with E-state index < -0.39 is 6.10 Å². The third-order valence-corrected chi connectivity index (χ3v) is 15.3. The lowest BCUT2D eigenvalue weighted by atomic mass is 10.0.